The molecule has 0 fully saturated rings. The van der Waals surface area contributed by atoms with Crippen molar-refractivity contribution in [2.45, 2.75) is 13.5 Å². The Labute approximate surface area is 138 Å². The lowest BCUT2D eigenvalue weighted by Gasteiger charge is -2.09. The number of carbonyl (C=O) groups excluding carboxylic acids is 1. The number of aromatic nitrogens is 2. The highest BCUT2D eigenvalue weighted by Crippen LogP contribution is 2.12. The number of nitrogens with one attached hydrogen (secondary N) is 1. The van der Waals surface area contributed by atoms with Gasteiger partial charge in [0.25, 0.3) is 5.56 Å². The molecular formula is C18H14N4O2. The first-order valence-electron chi connectivity index (χ1n) is 7.35. The number of hydrogen-bond donors (Lipinski definition) is 1. The predicted molar refractivity (Wildman–Crippen MR) is 90.5 cm³/mol. The summed E-state index contributed by atoms with van der Waals surface area (Å²) in [6.07, 6.45) is 0. The molecule has 0 saturated carbocycles. The standard InChI is InChI=1S/C18H14N4O2/c1-12-15-7-2-3-8-16(15)18(24)22(21-12)11-17(23)20-14-6-4-5-13(9-14)10-19/h2-9H,11H2,1H3,(H,20,23). The topological polar surface area (TPSA) is 87.8 Å². The smallest absolute Gasteiger partial charge is 0.275 e. The summed E-state index contributed by atoms with van der Waals surface area (Å²) < 4.78 is 1.15. The largest absolute Gasteiger partial charge is 0.324 e. The second-order valence-electron chi connectivity index (χ2n) is 5.33. The summed E-state index contributed by atoms with van der Waals surface area (Å²) in [7, 11) is 0. The van der Waals surface area contributed by atoms with Crippen molar-refractivity contribution in [3.05, 3.63) is 70.1 Å². The summed E-state index contributed by atoms with van der Waals surface area (Å²) in [6.45, 7) is 1.61. The Balaban J connectivity index is 1.87. The molecule has 1 aromatic heterocycles. The Hall–Kier alpha value is -3.46. The van der Waals surface area contributed by atoms with Crippen LogP contribution < -0.4 is 10.9 Å². The Morgan fingerprint density at radius 3 is 2.71 bits per heavy atom. The van der Waals surface area contributed by atoms with E-state index in [0.717, 1.165) is 10.1 Å². The SMILES string of the molecule is Cc1nn(CC(=O)Nc2cccc(C#N)c2)c(=O)c2ccccc12. The molecule has 1 N–H and O–H groups in total. The number of rotatable bonds is 3. The molecule has 0 bridgehead atoms. The van der Waals surface area contributed by atoms with E-state index in [9.17, 15) is 9.59 Å². The zero-order valence-electron chi connectivity index (χ0n) is 13.0. The highest BCUT2D eigenvalue weighted by molar-refractivity contribution is 5.91. The van der Waals surface area contributed by atoms with Crippen molar-refractivity contribution in [3.63, 3.8) is 0 Å². The van der Waals surface area contributed by atoms with Gasteiger partial charge in [0.15, 0.2) is 0 Å². The Kier molecular flexibility index (Phi) is 4.08. The number of nitriles is 1. The fraction of sp³-hybridized carbons (Fsp3) is 0.111. The van der Waals surface area contributed by atoms with Gasteiger partial charge in [-0.1, -0.05) is 24.3 Å². The summed E-state index contributed by atoms with van der Waals surface area (Å²) in [6, 6.07) is 15.8. The van der Waals surface area contributed by atoms with Gasteiger partial charge in [0, 0.05) is 11.1 Å². The van der Waals surface area contributed by atoms with Crippen molar-refractivity contribution in [1.29, 1.82) is 5.26 Å². The van der Waals surface area contributed by atoms with Crippen LogP contribution in [0.3, 0.4) is 0 Å². The van der Waals surface area contributed by atoms with Crippen LogP contribution in [-0.4, -0.2) is 15.7 Å². The molecule has 6 nitrogen and oxygen atoms in total. The van der Waals surface area contributed by atoms with E-state index in [1.807, 2.05) is 18.2 Å². The molecule has 3 rings (SSSR count). The van der Waals surface area contributed by atoms with E-state index in [-0.39, 0.29) is 18.0 Å². The molecule has 3 aromatic rings. The molecule has 118 valence electrons. The van der Waals surface area contributed by atoms with Crippen molar-refractivity contribution in [3.8, 4) is 6.07 Å². The number of hydrogen-bond acceptors (Lipinski definition) is 4. The third kappa shape index (κ3) is 3.01. The van der Waals surface area contributed by atoms with Crippen LogP contribution in [0.25, 0.3) is 10.8 Å². The molecule has 0 aliphatic carbocycles. The van der Waals surface area contributed by atoms with Crippen LogP contribution in [0.5, 0.6) is 0 Å². The maximum atomic E-state index is 12.4. The molecule has 0 saturated heterocycles. The lowest BCUT2D eigenvalue weighted by molar-refractivity contribution is -0.117. The number of aryl methyl sites for hydroxylation is 1. The maximum absolute atomic E-state index is 12.4. The maximum Gasteiger partial charge on any atom is 0.275 e. The van der Waals surface area contributed by atoms with E-state index in [2.05, 4.69) is 10.4 Å². The summed E-state index contributed by atoms with van der Waals surface area (Å²) >= 11 is 0. The van der Waals surface area contributed by atoms with E-state index in [0.29, 0.717) is 22.3 Å². The lowest BCUT2D eigenvalue weighted by Crippen LogP contribution is -2.30. The number of amides is 1. The molecule has 0 radical (unpaired) electrons. The van der Waals surface area contributed by atoms with Crippen LogP contribution in [0.1, 0.15) is 11.3 Å². The number of nitrogens with zero attached hydrogens (tertiary/aromatic N) is 3. The predicted octanol–water partition coefficient (Wildman–Crippen LogP) is 2.22. The molecule has 6 heteroatoms. The summed E-state index contributed by atoms with van der Waals surface area (Å²) in [5, 5.41) is 17.1. The molecule has 1 amide bonds. The third-order valence-electron chi connectivity index (χ3n) is 3.62. The Morgan fingerprint density at radius 2 is 1.96 bits per heavy atom. The first-order valence-corrected chi connectivity index (χ1v) is 7.35. The zero-order valence-corrected chi connectivity index (χ0v) is 13.0. The molecule has 0 unspecified atom stereocenters. The minimum Gasteiger partial charge on any atom is -0.324 e. The summed E-state index contributed by atoms with van der Waals surface area (Å²) in [4.78, 5) is 24.6. The molecule has 2 aromatic carbocycles. The molecular weight excluding hydrogens is 304 g/mol. The fourth-order valence-electron chi connectivity index (χ4n) is 2.51. The molecule has 1 heterocycles. The van der Waals surface area contributed by atoms with Gasteiger partial charge in [0.2, 0.25) is 5.91 Å². The number of fused-ring (bicyclic) bond motifs is 1. The molecule has 24 heavy (non-hydrogen) atoms. The van der Waals surface area contributed by atoms with Gasteiger partial charge in [0.1, 0.15) is 6.54 Å². The second-order valence-corrected chi connectivity index (χ2v) is 5.33. The minimum atomic E-state index is -0.380. The van der Waals surface area contributed by atoms with Gasteiger partial charge in [-0.2, -0.15) is 10.4 Å². The van der Waals surface area contributed by atoms with Crippen molar-refractivity contribution in [1.82, 2.24) is 9.78 Å². The first kappa shape index (κ1) is 15.4. The average Bonchev–Trinajstić information content (AvgIpc) is 2.59. The van der Waals surface area contributed by atoms with Gasteiger partial charge in [-0.3, -0.25) is 9.59 Å². The van der Waals surface area contributed by atoms with Crippen LogP contribution in [0.15, 0.2) is 53.3 Å². The van der Waals surface area contributed by atoms with Crippen molar-refractivity contribution < 1.29 is 4.79 Å². The minimum absolute atomic E-state index is 0.193. The van der Waals surface area contributed by atoms with Crippen LogP contribution >= 0.6 is 0 Å². The quantitative estimate of drug-likeness (QED) is 0.802. The highest BCUT2D eigenvalue weighted by atomic mass is 16.2. The van der Waals surface area contributed by atoms with Crippen LogP contribution in [0.4, 0.5) is 5.69 Å². The molecule has 0 spiro atoms. The first-order chi connectivity index (χ1) is 11.6. The van der Waals surface area contributed by atoms with Gasteiger partial charge in [-0.05, 0) is 31.2 Å². The van der Waals surface area contributed by atoms with Crippen LogP contribution in [0.2, 0.25) is 0 Å². The second kappa shape index (κ2) is 6.34. The van der Waals surface area contributed by atoms with Crippen LogP contribution in [0, 0.1) is 18.3 Å². The van der Waals surface area contributed by atoms with E-state index in [1.165, 1.54) is 0 Å². The monoisotopic (exact) mass is 318 g/mol. The van der Waals surface area contributed by atoms with Gasteiger partial charge in [-0.15, -0.1) is 0 Å². The average molecular weight is 318 g/mol. The number of benzene rings is 2. The van der Waals surface area contributed by atoms with Gasteiger partial charge < -0.3 is 5.32 Å². The molecule has 0 atom stereocenters. The Morgan fingerprint density at radius 1 is 1.21 bits per heavy atom. The number of anilines is 1. The van der Waals surface area contributed by atoms with Crippen LogP contribution in [-0.2, 0) is 11.3 Å². The van der Waals surface area contributed by atoms with Crippen molar-refractivity contribution in [2.75, 3.05) is 5.32 Å². The fourth-order valence-corrected chi connectivity index (χ4v) is 2.51. The normalized spacial score (nSPS) is 10.3. The van der Waals surface area contributed by atoms with Crippen molar-refractivity contribution in [2.24, 2.45) is 0 Å². The van der Waals surface area contributed by atoms with Gasteiger partial charge in [-0.25, -0.2) is 4.68 Å². The number of carbonyl (C=O) groups is 1. The van der Waals surface area contributed by atoms with Gasteiger partial charge >= 0.3 is 0 Å². The van der Waals surface area contributed by atoms with E-state index in [1.54, 1.807) is 43.3 Å². The van der Waals surface area contributed by atoms with Crippen molar-refractivity contribution >= 4 is 22.4 Å². The molecule has 0 aliphatic heterocycles. The van der Waals surface area contributed by atoms with E-state index >= 15 is 0 Å². The zero-order chi connectivity index (χ0) is 17.1. The summed E-state index contributed by atoms with van der Waals surface area (Å²) in [5.41, 5.74) is 1.33. The Bertz CT molecular complexity index is 1030. The summed E-state index contributed by atoms with van der Waals surface area (Å²) in [5.74, 6) is -0.380. The highest BCUT2D eigenvalue weighted by Gasteiger charge is 2.11. The third-order valence-corrected chi connectivity index (χ3v) is 3.62. The molecule has 0 aliphatic rings. The lowest BCUT2D eigenvalue weighted by atomic mass is 10.1. The van der Waals surface area contributed by atoms with E-state index in [4.69, 9.17) is 5.26 Å². The van der Waals surface area contributed by atoms with Gasteiger partial charge in [0.05, 0.1) is 22.7 Å². The van der Waals surface area contributed by atoms with E-state index < -0.39 is 0 Å².